The molecule has 0 radical (unpaired) electrons. The molecule has 1 heterocycles. The molecule has 3 N–H and O–H groups in total. The Kier molecular flexibility index (Phi) is 5.79. The lowest BCUT2D eigenvalue weighted by Crippen LogP contribution is -2.37. The zero-order valence-electron chi connectivity index (χ0n) is 16.5. The van der Waals surface area contributed by atoms with Crippen LogP contribution in [0.1, 0.15) is 53.2 Å². The highest BCUT2D eigenvalue weighted by Gasteiger charge is 2.34. The van der Waals surface area contributed by atoms with Gasteiger partial charge in [0.1, 0.15) is 5.69 Å². The van der Waals surface area contributed by atoms with E-state index >= 15 is 0 Å². The summed E-state index contributed by atoms with van der Waals surface area (Å²) in [5.74, 6) is 0.00613. The average Bonchev–Trinajstić information content (AvgIpc) is 2.73. The lowest BCUT2D eigenvalue weighted by Gasteiger charge is -2.30. The molecule has 1 aliphatic rings. The van der Waals surface area contributed by atoms with Gasteiger partial charge in [0.2, 0.25) is 0 Å². The Morgan fingerprint density at radius 1 is 1.06 bits per heavy atom. The van der Waals surface area contributed by atoms with Gasteiger partial charge in [-0.1, -0.05) is 23.7 Å². The second kappa shape index (κ2) is 8.38. The molecule has 4 nitrogen and oxygen atoms in total. The standard InChI is InChI=1S/C23H21ClF3N3O/c24-15-8-4-14(5-9-15)22(31)29-16-10-6-13(7-11-16)17-2-1-3-19-21(17)18(28)12-20(30-19)23(25,26)27/h1-5,8-9,12-13,16H,6-7,10-11H2,(H2,28,30)(H,29,31). The minimum atomic E-state index is -4.54. The van der Waals surface area contributed by atoms with Crippen molar-refractivity contribution in [2.45, 2.75) is 43.8 Å². The molecule has 0 unspecified atom stereocenters. The van der Waals surface area contributed by atoms with Crippen LogP contribution in [0.2, 0.25) is 5.02 Å². The first-order valence-corrected chi connectivity index (χ1v) is 10.4. The molecule has 3 aromatic rings. The van der Waals surface area contributed by atoms with Crippen molar-refractivity contribution in [3.8, 4) is 0 Å². The van der Waals surface area contributed by atoms with Gasteiger partial charge in [-0.3, -0.25) is 4.79 Å². The quantitative estimate of drug-likeness (QED) is 0.521. The summed E-state index contributed by atoms with van der Waals surface area (Å²) in [6, 6.07) is 12.9. The first kappa shape index (κ1) is 21.4. The average molecular weight is 448 g/mol. The van der Waals surface area contributed by atoms with Gasteiger partial charge in [-0.2, -0.15) is 13.2 Å². The van der Waals surface area contributed by atoms with Gasteiger partial charge in [0.05, 0.1) is 5.52 Å². The predicted molar refractivity (Wildman–Crippen MR) is 115 cm³/mol. The number of rotatable bonds is 3. The molecule has 1 aliphatic carbocycles. The van der Waals surface area contributed by atoms with Crippen LogP contribution in [-0.4, -0.2) is 16.9 Å². The number of amides is 1. The molecule has 0 atom stereocenters. The predicted octanol–water partition coefficient (Wildman–Crippen LogP) is 5.95. The summed E-state index contributed by atoms with van der Waals surface area (Å²) in [5.41, 5.74) is 6.85. The SMILES string of the molecule is Nc1cc(C(F)(F)F)nc2cccc(C3CCC(NC(=O)c4ccc(Cl)cc4)CC3)c12. The number of nitrogen functional groups attached to an aromatic ring is 1. The molecular formula is C23H21ClF3N3O. The molecule has 8 heteroatoms. The first-order chi connectivity index (χ1) is 14.7. The highest BCUT2D eigenvalue weighted by atomic mass is 35.5. The second-order valence-electron chi connectivity index (χ2n) is 7.86. The fraction of sp³-hybridized carbons (Fsp3) is 0.304. The summed E-state index contributed by atoms with van der Waals surface area (Å²) >= 11 is 5.87. The number of halogens is 4. The van der Waals surface area contributed by atoms with Crippen LogP contribution in [0.5, 0.6) is 0 Å². The van der Waals surface area contributed by atoms with Gasteiger partial charge in [-0.05, 0) is 73.6 Å². The summed E-state index contributed by atoms with van der Waals surface area (Å²) in [6.07, 6.45) is -1.41. The molecule has 1 saturated carbocycles. The number of anilines is 1. The molecule has 2 aromatic carbocycles. The zero-order chi connectivity index (χ0) is 22.2. The van der Waals surface area contributed by atoms with E-state index in [1.165, 1.54) is 0 Å². The summed E-state index contributed by atoms with van der Waals surface area (Å²) in [5, 5.41) is 4.21. The van der Waals surface area contributed by atoms with Gasteiger partial charge in [-0.25, -0.2) is 4.98 Å². The third-order valence-electron chi connectivity index (χ3n) is 5.80. The number of nitrogens with two attached hydrogens (primary N) is 1. The van der Waals surface area contributed by atoms with Crippen LogP contribution in [0.4, 0.5) is 18.9 Å². The van der Waals surface area contributed by atoms with E-state index in [-0.39, 0.29) is 29.1 Å². The van der Waals surface area contributed by atoms with Crippen molar-refractivity contribution in [2.75, 3.05) is 5.73 Å². The van der Waals surface area contributed by atoms with Gasteiger partial charge in [0.25, 0.3) is 5.91 Å². The number of fused-ring (bicyclic) bond motifs is 1. The Balaban J connectivity index is 1.48. The monoisotopic (exact) mass is 447 g/mol. The zero-order valence-corrected chi connectivity index (χ0v) is 17.3. The van der Waals surface area contributed by atoms with E-state index < -0.39 is 11.9 Å². The number of pyridine rings is 1. The third kappa shape index (κ3) is 4.61. The van der Waals surface area contributed by atoms with E-state index in [0.717, 1.165) is 37.3 Å². The van der Waals surface area contributed by atoms with E-state index in [0.29, 0.717) is 16.0 Å². The summed E-state index contributed by atoms with van der Waals surface area (Å²) in [7, 11) is 0. The summed E-state index contributed by atoms with van der Waals surface area (Å²) in [4.78, 5) is 16.2. The maximum Gasteiger partial charge on any atom is 0.433 e. The van der Waals surface area contributed by atoms with Gasteiger partial charge in [-0.15, -0.1) is 0 Å². The highest BCUT2D eigenvalue weighted by molar-refractivity contribution is 6.30. The number of hydrogen-bond donors (Lipinski definition) is 2. The van der Waals surface area contributed by atoms with Crippen LogP contribution >= 0.6 is 11.6 Å². The van der Waals surface area contributed by atoms with Gasteiger partial charge in [0.15, 0.2) is 0 Å². The van der Waals surface area contributed by atoms with Crippen molar-refractivity contribution in [3.63, 3.8) is 0 Å². The fourth-order valence-electron chi connectivity index (χ4n) is 4.25. The van der Waals surface area contributed by atoms with Gasteiger partial charge >= 0.3 is 6.18 Å². The van der Waals surface area contributed by atoms with E-state index in [1.807, 2.05) is 6.07 Å². The smallest absolute Gasteiger partial charge is 0.398 e. The molecule has 0 aliphatic heterocycles. The van der Waals surface area contributed by atoms with Crippen LogP contribution in [0, 0.1) is 0 Å². The molecule has 0 bridgehead atoms. The molecule has 0 saturated heterocycles. The number of nitrogens with zero attached hydrogens (tertiary/aromatic N) is 1. The molecular weight excluding hydrogens is 427 g/mol. The van der Waals surface area contributed by atoms with E-state index in [1.54, 1.807) is 36.4 Å². The number of benzene rings is 2. The number of hydrogen-bond acceptors (Lipinski definition) is 3. The third-order valence-corrected chi connectivity index (χ3v) is 6.05. The Morgan fingerprint density at radius 2 is 1.74 bits per heavy atom. The van der Waals surface area contributed by atoms with Crippen molar-refractivity contribution in [1.82, 2.24) is 10.3 Å². The topological polar surface area (TPSA) is 68.0 Å². The molecule has 4 rings (SSSR count). The maximum absolute atomic E-state index is 13.1. The summed E-state index contributed by atoms with van der Waals surface area (Å²) < 4.78 is 39.2. The van der Waals surface area contributed by atoms with E-state index in [9.17, 15) is 18.0 Å². The fourth-order valence-corrected chi connectivity index (χ4v) is 4.38. The normalized spacial score (nSPS) is 19.4. The number of carbonyl (C=O) groups is 1. The molecule has 1 aromatic heterocycles. The number of carbonyl (C=O) groups excluding carboxylic acids is 1. The minimum absolute atomic E-state index is 0.0432. The van der Waals surface area contributed by atoms with Crippen LogP contribution in [-0.2, 0) is 6.18 Å². The number of aromatic nitrogens is 1. The molecule has 0 spiro atoms. The Morgan fingerprint density at radius 3 is 2.39 bits per heavy atom. The van der Waals surface area contributed by atoms with Crippen molar-refractivity contribution in [2.24, 2.45) is 0 Å². The van der Waals surface area contributed by atoms with Crippen molar-refractivity contribution < 1.29 is 18.0 Å². The summed E-state index contributed by atoms with van der Waals surface area (Å²) in [6.45, 7) is 0. The largest absolute Gasteiger partial charge is 0.433 e. The first-order valence-electron chi connectivity index (χ1n) is 10.0. The van der Waals surface area contributed by atoms with Crippen molar-refractivity contribution in [1.29, 1.82) is 0 Å². The lowest BCUT2D eigenvalue weighted by atomic mass is 9.80. The van der Waals surface area contributed by atoms with E-state index in [2.05, 4.69) is 10.3 Å². The van der Waals surface area contributed by atoms with E-state index in [4.69, 9.17) is 17.3 Å². The maximum atomic E-state index is 13.1. The lowest BCUT2D eigenvalue weighted by molar-refractivity contribution is -0.140. The van der Waals surface area contributed by atoms with Crippen molar-refractivity contribution >= 4 is 34.1 Å². The van der Waals surface area contributed by atoms with Crippen LogP contribution in [0.15, 0.2) is 48.5 Å². The van der Waals surface area contributed by atoms with Gasteiger partial charge < -0.3 is 11.1 Å². The number of nitrogens with one attached hydrogen (secondary N) is 1. The van der Waals surface area contributed by atoms with Crippen LogP contribution in [0.3, 0.4) is 0 Å². The highest BCUT2D eigenvalue weighted by Crippen LogP contribution is 2.40. The minimum Gasteiger partial charge on any atom is -0.398 e. The van der Waals surface area contributed by atoms with Crippen molar-refractivity contribution in [3.05, 3.63) is 70.4 Å². The number of alkyl halides is 3. The Hall–Kier alpha value is -2.80. The Bertz CT molecular complexity index is 1110. The molecule has 31 heavy (non-hydrogen) atoms. The molecule has 1 amide bonds. The molecule has 162 valence electrons. The second-order valence-corrected chi connectivity index (χ2v) is 8.30. The van der Waals surface area contributed by atoms with Crippen LogP contribution < -0.4 is 11.1 Å². The van der Waals surface area contributed by atoms with Gasteiger partial charge in [0, 0.05) is 27.7 Å². The van der Waals surface area contributed by atoms with Crippen LogP contribution in [0.25, 0.3) is 10.9 Å². The molecule has 1 fully saturated rings. The Labute approximate surface area is 182 Å².